The summed E-state index contributed by atoms with van der Waals surface area (Å²) in [5.41, 5.74) is -0.203. The van der Waals surface area contributed by atoms with Crippen LogP contribution in [0.1, 0.15) is 60.5 Å². The van der Waals surface area contributed by atoms with Crippen LogP contribution in [-0.4, -0.2) is 50.4 Å². The highest BCUT2D eigenvalue weighted by molar-refractivity contribution is 6.03. The van der Waals surface area contributed by atoms with E-state index in [9.17, 15) is 22.8 Å². The molecular formula is C18H23F3N6O2. The van der Waals surface area contributed by atoms with Gasteiger partial charge >= 0.3 is 6.18 Å². The maximum absolute atomic E-state index is 13.1. The number of nitrogens with one attached hydrogen (secondary N) is 1. The summed E-state index contributed by atoms with van der Waals surface area (Å²) in [6, 6.07) is 0.0198. The van der Waals surface area contributed by atoms with Crippen molar-refractivity contribution in [2.75, 3.05) is 19.4 Å². The zero-order valence-electron chi connectivity index (χ0n) is 16.6. The molecule has 1 aliphatic rings. The van der Waals surface area contributed by atoms with Crippen LogP contribution in [0.4, 0.5) is 18.9 Å². The second-order valence-corrected chi connectivity index (χ2v) is 7.26. The van der Waals surface area contributed by atoms with E-state index in [0.29, 0.717) is 12.2 Å². The first-order valence-corrected chi connectivity index (χ1v) is 9.29. The van der Waals surface area contributed by atoms with E-state index in [1.807, 2.05) is 0 Å². The fourth-order valence-electron chi connectivity index (χ4n) is 3.04. The van der Waals surface area contributed by atoms with Crippen molar-refractivity contribution in [3.63, 3.8) is 0 Å². The van der Waals surface area contributed by atoms with Crippen molar-refractivity contribution in [2.24, 2.45) is 0 Å². The summed E-state index contributed by atoms with van der Waals surface area (Å²) in [5, 5.41) is 10.4. The van der Waals surface area contributed by atoms with Crippen LogP contribution in [0.5, 0.6) is 0 Å². The average Bonchev–Trinajstić information content (AvgIpc) is 3.25. The minimum Gasteiger partial charge on any atom is -0.343 e. The molecule has 2 aromatic rings. The van der Waals surface area contributed by atoms with Crippen LogP contribution in [0.3, 0.4) is 0 Å². The molecule has 0 radical (unpaired) electrons. The number of amides is 2. The van der Waals surface area contributed by atoms with Gasteiger partial charge in [0.1, 0.15) is 11.7 Å². The van der Waals surface area contributed by atoms with E-state index in [4.69, 9.17) is 0 Å². The maximum atomic E-state index is 13.1. The Morgan fingerprint density at radius 3 is 2.52 bits per heavy atom. The standard InChI is InChI=1S/C18H23F3N6O2/c1-5-26-15(17(29)25(3)4)12(9-22-26)23-16(28)10(2)27-13(11-6-7-11)8-14(24-27)18(19,20)21/h8-11H,5-7H2,1-4H3,(H,23,28). The molecule has 1 saturated carbocycles. The van der Waals surface area contributed by atoms with Gasteiger partial charge in [0.25, 0.3) is 5.91 Å². The average molecular weight is 412 g/mol. The van der Waals surface area contributed by atoms with Gasteiger partial charge < -0.3 is 10.2 Å². The Bertz CT molecular complexity index is 927. The van der Waals surface area contributed by atoms with E-state index >= 15 is 0 Å². The van der Waals surface area contributed by atoms with Crippen LogP contribution in [-0.2, 0) is 17.5 Å². The summed E-state index contributed by atoms with van der Waals surface area (Å²) >= 11 is 0. The molecule has 2 heterocycles. The summed E-state index contributed by atoms with van der Waals surface area (Å²) in [6.07, 6.45) is -1.69. The monoisotopic (exact) mass is 412 g/mol. The van der Waals surface area contributed by atoms with Crippen LogP contribution >= 0.6 is 0 Å². The molecule has 2 aromatic heterocycles. The number of nitrogens with zero attached hydrogens (tertiary/aromatic N) is 5. The Labute approximate surface area is 165 Å². The lowest BCUT2D eigenvalue weighted by Gasteiger charge is -2.17. The first-order chi connectivity index (χ1) is 13.5. The number of anilines is 1. The molecule has 1 fully saturated rings. The first kappa shape index (κ1) is 20.9. The molecule has 11 heteroatoms. The molecule has 1 unspecified atom stereocenters. The second-order valence-electron chi connectivity index (χ2n) is 7.26. The van der Waals surface area contributed by atoms with E-state index < -0.39 is 23.8 Å². The van der Waals surface area contributed by atoms with E-state index in [2.05, 4.69) is 15.5 Å². The lowest BCUT2D eigenvalue weighted by Crippen LogP contribution is -2.29. The highest BCUT2D eigenvalue weighted by atomic mass is 19.4. The van der Waals surface area contributed by atoms with E-state index in [1.54, 1.807) is 21.0 Å². The van der Waals surface area contributed by atoms with E-state index in [-0.39, 0.29) is 23.2 Å². The van der Waals surface area contributed by atoms with Gasteiger partial charge in [-0.05, 0) is 32.8 Å². The van der Waals surface area contributed by atoms with Crippen LogP contribution in [0.15, 0.2) is 12.3 Å². The number of halogens is 3. The fraction of sp³-hybridized carbons (Fsp3) is 0.556. The molecule has 0 bridgehead atoms. The number of carbonyl (C=O) groups excluding carboxylic acids is 2. The van der Waals surface area contributed by atoms with Crippen molar-refractivity contribution in [2.45, 2.75) is 51.4 Å². The molecule has 2 amide bonds. The predicted molar refractivity (Wildman–Crippen MR) is 98.5 cm³/mol. The first-order valence-electron chi connectivity index (χ1n) is 9.29. The Balaban J connectivity index is 1.88. The smallest absolute Gasteiger partial charge is 0.343 e. The van der Waals surface area contributed by atoms with Gasteiger partial charge in [0.05, 0.1) is 11.9 Å². The van der Waals surface area contributed by atoms with Crippen molar-refractivity contribution in [1.29, 1.82) is 0 Å². The molecule has 158 valence electrons. The predicted octanol–water partition coefficient (Wildman–Crippen LogP) is 2.90. The summed E-state index contributed by atoms with van der Waals surface area (Å²) < 4.78 is 41.9. The van der Waals surface area contributed by atoms with E-state index in [1.165, 1.54) is 22.7 Å². The van der Waals surface area contributed by atoms with Crippen molar-refractivity contribution in [3.8, 4) is 0 Å². The van der Waals surface area contributed by atoms with Crippen molar-refractivity contribution >= 4 is 17.5 Å². The molecule has 0 spiro atoms. The van der Waals surface area contributed by atoms with Gasteiger partial charge in [-0.25, -0.2) is 0 Å². The van der Waals surface area contributed by atoms with E-state index in [0.717, 1.165) is 23.6 Å². The maximum Gasteiger partial charge on any atom is 0.435 e. The molecule has 1 N–H and O–H groups in total. The molecule has 1 atom stereocenters. The van der Waals surface area contributed by atoms with Crippen LogP contribution < -0.4 is 5.32 Å². The summed E-state index contributed by atoms with van der Waals surface area (Å²) in [4.78, 5) is 26.6. The zero-order valence-corrected chi connectivity index (χ0v) is 16.6. The summed E-state index contributed by atoms with van der Waals surface area (Å²) in [5.74, 6) is -0.945. The Hall–Kier alpha value is -2.85. The van der Waals surface area contributed by atoms with Gasteiger partial charge in [-0.15, -0.1) is 0 Å². The number of hydrogen-bond acceptors (Lipinski definition) is 4. The lowest BCUT2D eigenvalue weighted by atomic mass is 10.2. The van der Waals surface area contributed by atoms with Crippen LogP contribution in [0.2, 0.25) is 0 Å². The Kier molecular flexibility index (Phi) is 5.42. The largest absolute Gasteiger partial charge is 0.435 e. The summed E-state index contributed by atoms with van der Waals surface area (Å²) in [6.45, 7) is 3.70. The molecule has 1 aliphatic carbocycles. The second kappa shape index (κ2) is 7.53. The number of hydrogen-bond donors (Lipinski definition) is 1. The Morgan fingerprint density at radius 2 is 2.00 bits per heavy atom. The highest BCUT2D eigenvalue weighted by Crippen LogP contribution is 2.43. The number of rotatable bonds is 6. The SMILES string of the molecule is CCn1ncc(NC(=O)C(C)n2nc(C(F)(F)F)cc2C2CC2)c1C(=O)N(C)C. The molecule has 29 heavy (non-hydrogen) atoms. The van der Waals surface area contributed by atoms with Gasteiger partial charge in [-0.2, -0.15) is 23.4 Å². The summed E-state index contributed by atoms with van der Waals surface area (Å²) in [7, 11) is 3.15. The quantitative estimate of drug-likeness (QED) is 0.791. The Morgan fingerprint density at radius 1 is 1.34 bits per heavy atom. The van der Waals surface area contributed by atoms with Gasteiger partial charge in [0.15, 0.2) is 5.69 Å². The van der Waals surface area contributed by atoms with Crippen molar-refractivity contribution in [1.82, 2.24) is 24.5 Å². The minimum atomic E-state index is -4.58. The third-order valence-electron chi connectivity index (χ3n) is 4.80. The molecule has 0 aliphatic heterocycles. The molecule has 3 rings (SSSR count). The van der Waals surface area contributed by atoms with Gasteiger partial charge in [-0.1, -0.05) is 0 Å². The zero-order chi connectivity index (χ0) is 21.5. The molecule has 0 saturated heterocycles. The van der Waals surface area contributed by atoms with Crippen LogP contribution in [0, 0.1) is 0 Å². The molecule has 0 aromatic carbocycles. The molecule has 8 nitrogen and oxygen atoms in total. The normalized spacial score (nSPS) is 15.3. The third kappa shape index (κ3) is 4.13. The number of aryl methyl sites for hydroxylation is 1. The van der Waals surface area contributed by atoms with Crippen molar-refractivity contribution in [3.05, 3.63) is 29.3 Å². The number of aromatic nitrogens is 4. The third-order valence-corrected chi connectivity index (χ3v) is 4.80. The fourth-order valence-corrected chi connectivity index (χ4v) is 3.04. The van der Waals surface area contributed by atoms with Gasteiger partial charge in [-0.3, -0.25) is 19.0 Å². The minimum absolute atomic E-state index is 0.0254. The van der Waals surface area contributed by atoms with Crippen LogP contribution in [0.25, 0.3) is 0 Å². The topological polar surface area (TPSA) is 85.0 Å². The van der Waals surface area contributed by atoms with Gasteiger partial charge in [0, 0.05) is 32.3 Å². The number of carbonyl (C=O) groups is 2. The van der Waals surface area contributed by atoms with Gasteiger partial charge in [0.2, 0.25) is 5.91 Å². The number of alkyl halides is 3. The lowest BCUT2D eigenvalue weighted by molar-refractivity contribution is -0.141. The van der Waals surface area contributed by atoms with Crippen molar-refractivity contribution < 1.29 is 22.8 Å². The molecular weight excluding hydrogens is 389 g/mol. The highest BCUT2D eigenvalue weighted by Gasteiger charge is 2.39.